The van der Waals surface area contributed by atoms with Gasteiger partial charge in [0.1, 0.15) is 6.42 Å². The first kappa shape index (κ1) is 17.4. The van der Waals surface area contributed by atoms with Crippen LogP contribution in [0.4, 0.5) is 11.4 Å². The van der Waals surface area contributed by atoms with Gasteiger partial charge < -0.3 is 10.6 Å². The highest BCUT2D eigenvalue weighted by atomic mass is 79.9. The molecule has 0 bridgehead atoms. The van der Waals surface area contributed by atoms with Gasteiger partial charge >= 0.3 is 0 Å². The van der Waals surface area contributed by atoms with Gasteiger partial charge in [-0.1, -0.05) is 34.1 Å². The lowest BCUT2D eigenvalue weighted by Crippen LogP contribution is -2.10. The summed E-state index contributed by atoms with van der Waals surface area (Å²) in [7, 11) is 0. The molecule has 0 heterocycles. The highest BCUT2D eigenvalue weighted by Gasteiger charge is 2.02. The van der Waals surface area contributed by atoms with Gasteiger partial charge in [-0.25, -0.2) is 0 Å². The van der Waals surface area contributed by atoms with Crippen LogP contribution < -0.4 is 10.6 Å². The lowest BCUT2D eigenvalue weighted by atomic mass is 10.2. The van der Waals surface area contributed by atoms with Crippen molar-refractivity contribution in [3.63, 3.8) is 0 Å². The lowest BCUT2D eigenvalue weighted by Gasteiger charge is -2.05. The van der Waals surface area contributed by atoms with E-state index in [0.717, 1.165) is 10.0 Å². The van der Waals surface area contributed by atoms with Crippen LogP contribution in [0.15, 0.2) is 59.1 Å². The molecule has 0 atom stereocenters. The van der Waals surface area contributed by atoms with Crippen molar-refractivity contribution >= 4 is 45.2 Å². The van der Waals surface area contributed by atoms with Crippen LogP contribution >= 0.6 is 15.9 Å². The summed E-state index contributed by atoms with van der Waals surface area (Å²) in [5.74, 6) is -0.627. The van der Waals surface area contributed by atoms with Gasteiger partial charge in [0.15, 0.2) is 0 Å². The van der Waals surface area contributed by atoms with Crippen LogP contribution in [-0.2, 0) is 9.59 Å². The summed E-state index contributed by atoms with van der Waals surface area (Å²) >= 11 is 3.41. The van der Waals surface area contributed by atoms with E-state index in [0.29, 0.717) is 11.4 Å². The summed E-state index contributed by atoms with van der Waals surface area (Å²) in [6.07, 6.45) is 2.97. The van der Waals surface area contributed by atoms with Crippen molar-refractivity contribution in [3.8, 4) is 6.07 Å². The maximum atomic E-state index is 11.9. The number of hydrogen-bond donors (Lipinski definition) is 2. The summed E-state index contributed by atoms with van der Waals surface area (Å²) < 4.78 is 0.909. The number of amides is 2. The van der Waals surface area contributed by atoms with E-state index in [9.17, 15) is 9.59 Å². The van der Waals surface area contributed by atoms with E-state index in [4.69, 9.17) is 5.26 Å². The highest BCUT2D eigenvalue weighted by molar-refractivity contribution is 9.10. The average Bonchev–Trinajstić information content (AvgIpc) is 2.56. The van der Waals surface area contributed by atoms with E-state index in [1.54, 1.807) is 36.4 Å². The normalized spacial score (nSPS) is 10.2. The number of nitriles is 1. The molecular formula is C18H14BrN3O2. The molecule has 2 N–H and O–H groups in total. The summed E-state index contributed by atoms with van der Waals surface area (Å²) in [5, 5.41) is 13.8. The monoisotopic (exact) mass is 383 g/mol. The van der Waals surface area contributed by atoms with E-state index < -0.39 is 0 Å². The number of carbonyl (C=O) groups excluding carboxylic acids is 2. The minimum atomic E-state index is -0.370. The molecule has 2 aromatic rings. The zero-order valence-electron chi connectivity index (χ0n) is 12.6. The van der Waals surface area contributed by atoms with Gasteiger partial charge in [0.25, 0.3) is 0 Å². The molecule has 0 saturated carbocycles. The van der Waals surface area contributed by atoms with Crippen molar-refractivity contribution in [2.45, 2.75) is 6.42 Å². The maximum absolute atomic E-state index is 11.9. The molecule has 0 aliphatic heterocycles. The van der Waals surface area contributed by atoms with Crippen LogP contribution in [0.25, 0.3) is 6.08 Å². The Morgan fingerprint density at radius 1 is 1.04 bits per heavy atom. The van der Waals surface area contributed by atoms with Crippen LogP contribution in [-0.4, -0.2) is 11.8 Å². The Hall–Kier alpha value is -2.91. The molecule has 0 aliphatic rings. The first-order valence-corrected chi connectivity index (χ1v) is 7.88. The van der Waals surface area contributed by atoms with Gasteiger partial charge in [-0.05, 0) is 42.0 Å². The molecule has 0 unspecified atom stereocenters. The van der Waals surface area contributed by atoms with Crippen molar-refractivity contribution in [1.82, 2.24) is 0 Å². The van der Waals surface area contributed by atoms with Crippen molar-refractivity contribution < 1.29 is 9.59 Å². The van der Waals surface area contributed by atoms with Crippen LogP contribution in [0.5, 0.6) is 0 Å². The molecular weight excluding hydrogens is 370 g/mol. The van der Waals surface area contributed by atoms with Gasteiger partial charge in [-0.3, -0.25) is 9.59 Å². The average molecular weight is 384 g/mol. The van der Waals surface area contributed by atoms with E-state index >= 15 is 0 Å². The predicted molar refractivity (Wildman–Crippen MR) is 97.1 cm³/mol. The third-order valence-electron chi connectivity index (χ3n) is 3.00. The third kappa shape index (κ3) is 5.38. The topological polar surface area (TPSA) is 82.0 Å². The molecule has 0 radical (unpaired) electrons. The SMILES string of the molecule is N#CCC(=O)Nc1ccc(NC(=O)/C=C/c2ccccc2Br)cc1. The van der Waals surface area contributed by atoms with Crippen molar-refractivity contribution in [2.75, 3.05) is 10.6 Å². The smallest absolute Gasteiger partial charge is 0.248 e. The second kappa shape index (κ2) is 8.65. The molecule has 6 heteroatoms. The largest absolute Gasteiger partial charge is 0.325 e. The highest BCUT2D eigenvalue weighted by Crippen LogP contribution is 2.17. The third-order valence-corrected chi connectivity index (χ3v) is 3.72. The molecule has 0 saturated heterocycles. The summed E-state index contributed by atoms with van der Waals surface area (Å²) in [6.45, 7) is 0. The van der Waals surface area contributed by atoms with Gasteiger partial charge in [0.2, 0.25) is 11.8 Å². The lowest BCUT2D eigenvalue weighted by molar-refractivity contribution is -0.115. The number of halogens is 1. The second-order valence-corrected chi connectivity index (χ2v) is 5.66. The van der Waals surface area contributed by atoms with Crippen molar-refractivity contribution in [3.05, 3.63) is 64.6 Å². The van der Waals surface area contributed by atoms with Crippen molar-refractivity contribution in [1.29, 1.82) is 5.26 Å². The quantitative estimate of drug-likeness (QED) is 0.766. The molecule has 120 valence electrons. The summed E-state index contributed by atoms with van der Waals surface area (Å²) in [4.78, 5) is 23.2. The Labute approximate surface area is 148 Å². The first-order chi connectivity index (χ1) is 11.6. The molecule has 0 aromatic heterocycles. The number of benzene rings is 2. The minimum Gasteiger partial charge on any atom is -0.325 e. The minimum absolute atomic E-state index is 0.196. The van der Waals surface area contributed by atoms with Gasteiger partial charge in [0.05, 0.1) is 6.07 Å². The Kier molecular flexibility index (Phi) is 6.29. The molecule has 0 spiro atoms. The molecule has 2 amide bonds. The Bertz CT molecular complexity index is 808. The molecule has 0 fully saturated rings. The summed E-state index contributed by atoms with van der Waals surface area (Å²) in [6, 6.07) is 16.0. The Morgan fingerprint density at radius 2 is 1.67 bits per heavy atom. The molecule has 2 rings (SSSR count). The second-order valence-electron chi connectivity index (χ2n) is 4.80. The van der Waals surface area contributed by atoms with E-state index in [2.05, 4.69) is 26.6 Å². The maximum Gasteiger partial charge on any atom is 0.248 e. The fourth-order valence-corrected chi connectivity index (χ4v) is 2.29. The standard InChI is InChI=1S/C18H14BrN3O2/c19-16-4-2-1-3-13(16)5-10-17(23)21-14-6-8-15(9-7-14)22-18(24)11-12-20/h1-10H,11H2,(H,21,23)(H,22,24)/b10-5+. The predicted octanol–water partition coefficient (Wildman–Crippen LogP) is 3.95. The van der Waals surface area contributed by atoms with Crippen LogP contribution in [0.3, 0.4) is 0 Å². The number of nitrogens with zero attached hydrogens (tertiary/aromatic N) is 1. The molecule has 5 nitrogen and oxygen atoms in total. The zero-order valence-corrected chi connectivity index (χ0v) is 14.2. The molecule has 0 aliphatic carbocycles. The number of carbonyl (C=O) groups is 2. The van der Waals surface area contributed by atoms with Gasteiger partial charge in [-0.2, -0.15) is 5.26 Å². The molecule has 24 heavy (non-hydrogen) atoms. The Morgan fingerprint density at radius 3 is 2.29 bits per heavy atom. The van der Waals surface area contributed by atoms with Crippen LogP contribution in [0, 0.1) is 11.3 Å². The van der Waals surface area contributed by atoms with E-state index in [-0.39, 0.29) is 18.2 Å². The number of hydrogen-bond acceptors (Lipinski definition) is 3. The number of anilines is 2. The van der Waals surface area contributed by atoms with Crippen LogP contribution in [0.1, 0.15) is 12.0 Å². The van der Waals surface area contributed by atoms with Gasteiger partial charge in [-0.15, -0.1) is 0 Å². The first-order valence-electron chi connectivity index (χ1n) is 7.09. The van der Waals surface area contributed by atoms with E-state index in [1.165, 1.54) is 6.08 Å². The zero-order chi connectivity index (χ0) is 17.4. The number of nitrogens with one attached hydrogen (secondary N) is 2. The fourth-order valence-electron chi connectivity index (χ4n) is 1.87. The fraction of sp³-hybridized carbons (Fsp3) is 0.0556. The van der Waals surface area contributed by atoms with E-state index in [1.807, 2.05) is 24.3 Å². The number of rotatable bonds is 5. The molecule has 2 aromatic carbocycles. The van der Waals surface area contributed by atoms with Crippen molar-refractivity contribution in [2.24, 2.45) is 0 Å². The summed E-state index contributed by atoms with van der Waals surface area (Å²) in [5.41, 5.74) is 2.08. The Balaban J connectivity index is 1.94. The van der Waals surface area contributed by atoms with Gasteiger partial charge in [0, 0.05) is 21.9 Å². The van der Waals surface area contributed by atoms with Crippen LogP contribution in [0.2, 0.25) is 0 Å².